The zero-order chi connectivity index (χ0) is 12.3. The van der Waals surface area contributed by atoms with Crippen molar-refractivity contribution in [2.75, 3.05) is 6.61 Å². The first-order valence-electron chi connectivity index (χ1n) is 4.29. The Bertz CT molecular complexity index is 403. The van der Waals surface area contributed by atoms with Crippen molar-refractivity contribution in [1.29, 1.82) is 0 Å². The van der Waals surface area contributed by atoms with Crippen LogP contribution >= 0.6 is 0 Å². The molecule has 0 aromatic carbocycles. The third-order valence-electron chi connectivity index (χ3n) is 1.69. The summed E-state index contributed by atoms with van der Waals surface area (Å²) in [6, 6.07) is 0.500. The van der Waals surface area contributed by atoms with Crippen LogP contribution < -0.4 is 0 Å². The monoisotopic (exact) mass is 235 g/mol. The van der Waals surface area contributed by atoms with Gasteiger partial charge in [-0.25, -0.2) is 9.78 Å². The second kappa shape index (κ2) is 4.38. The van der Waals surface area contributed by atoms with Crippen molar-refractivity contribution in [3.8, 4) is 5.88 Å². The molecule has 0 fully saturated rings. The minimum Gasteiger partial charge on any atom is -0.493 e. The van der Waals surface area contributed by atoms with Crippen molar-refractivity contribution in [2.24, 2.45) is 0 Å². The first-order chi connectivity index (χ1) is 7.36. The van der Waals surface area contributed by atoms with Crippen LogP contribution in [-0.2, 0) is 10.9 Å². The van der Waals surface area contributed by atoms with Gasteiger partial charge in [-0.1, -0.05) is 0 Å². The van der Waals surface area contributed by atoms with Gasteiger partial charge in [0, 0.05) is 6.20 Å². The number of esters is 1. The highest BCUT2D eigenvalue weighted by molar-refractivity contribution is 5.91. The molecule has 1 N–H and O–H groups in total. The molecule has 1 aromatic rings. The van der Waals surface area contributed by atoms with E-state index in [4.69, 9.17) is 5.11 Å². The van der Waals surface area contributed by atoms with Crippen molar-refractivity contribution in [3.63, 3.8) is 0 Å². The van der Waals surface area contributed by atoms with E-state index in [1.807, 2.05) is 0 Å². The third-order valence-corrected chi connectivity index (χ3v) is 1.69. The van der Waals surface area contributed by atoms with Crippen LogP contribution in [0.2, 0.25) is 0 Å². The molecule has 0 amide bonds. The average Bonchev–Trinajstić information content (AvgIpc) is 2.16. The molecule has 1 aromatic heterocycles. The molecule has 4 nitrogen and oxygen atoms in total. The molecule has 1 heterocycles. The van der Waals surface area contributed by atoms with Gasteiger partial charge in [0.15, 0.2) is 0 Å². The molecule has 1 rings (SSSR count). The van der Waals surface area contributed by atoms with Gasteiger partial charge in [0.1, 0.15) is 5.56 Å². The number of halogens is 3. The summed E-state index contributed by atoms with van der Waals surface area (Å²) in [7, 11) is 0. The summed E-state index contributed by atoms with van der Waals surface area (Å²) in [4.78, 5) is 14.2. The van der Waals surface area contributed by atoms with Crippen LogP contribution in [0.15, 0.2) is 12.3 Å². The van der Waals surface area contributed by atoms with Crippen LogP contribution in [0.5, 0.6) is 5.88 Å². The fourth-order valence-electron chi connectivity index (χ4n) is 0.972. The van der Waals surface area contributed by atoms with E-state index >= 15 is 0 Å². The van der Waals surface area contributed by atoms with Crippen molar-refractivity contribution < 1.29 is 27.8 Å². The summed E-state index contributed by atoms with van der Waals surface area (Å²) in [6.45, 7) is 1.49. The van der Waals surface area contributed by atoms with E-state index in [1.165, 1.54) is 6.92 Å². The molecule has 16 heavy (non-hydrogen) atoms. The van der Waals surface area contributed by atoms with Gasteiger partial charge >= 0.3 is 12.1 Å². The molecule has 0 atom stereocenters. The van der Waals surface area contributed by atoms with Crippen molar-refractivity contribution in [1.82, 2.24) is 4.98 Å². The molecule has 0 saturated heterocycles. The lowest BCUT2D eigenvalue weighted by molar-refractivity contribution is -0.137. The predicted octanol–water partition coefficient (Wildman–Crippen LogP) is 1.98. The Labute approximate surface area is 88.7 Å². The first-order valence-corrected chi connectivity index (χ1v) is 4.29. The molecule has 0 bridgehead atoms. The zero-order valence-electron chi connectivity index (χ0n) is 8.21. The number of pyridine rings is 1. The van der Waals surface area contributed by atoms with Gasteiger partial charge in [-0.05, 0) is 13.0 Å². The lowest BCUT2D eigenvalue weighted by Crippen LogP contribution is -2.10. The Balaban J connectivity index is 3.14. The van der Waals surface area contributed by atoms with Crippen LogP contribution in [0.4, 0.5) is 13.2 Å². The van der Waals surface area contributed by atoms with Gasteiger partial charge in [0.2, 0.25) is 5.88 Å². The number of hydrogen-bond acceptors (Lipinski definition) is 4. The second-order valence-electron chi connectivity index (χ2n) is 2.81. The number of ether oxygens (including phenoxy) is 1. The molecule has 0 unspecified atom stereocenters. The summed E-state index contributed by atoms with van der Waals surface area (Å²) in [6.07, 6.45) is -4.18. The maximum absolute atomic E-state index is 12.3. The van der Waals surface area contributed by atoms with Crippen molar-refractivity contribution in [3.05, 3.63) is 23.4 Å². The Morgan fingerprint density at radius 1 is 1.56 bits per heavy atom. The topological polar surface area (TPSA) is 59.4 Å². The lowest BCUT2D eigenvalue weighted by atomic mass is 10.2. The fraction of sp³-hybridized carbons (Fsp3) is 0.333. The van der Waals surface area contributed by atoms with E-state index in [1.54, 1.807) is 0 Å². The Morgan fingerprint density at radius 3 is 2.69 bits per heavy atom. The number of carbonyl (C=O) groups excluding carboxylic acids is 1. The van der Waals surface area contributed by atoms with Gasteiger partial charge in [0.25, 0.3) is 0 Å². The fourth-order valence-corrected chi connectivity index (χ4v) is 0.972. The summed E-state index contributed by atoms with van der Waals surface area (Å²) >= 11 is 0. The Hall–Kier alpha value is -1.79. The van der Waals surface area contributed by atoms with E-state index in [-0.39, 0.29) is 6.61 Å². The van der Waals surface area contributed by atoms with Crippen LogP contribution in [0.25, 0.3) is 0 Å². The SMILES string of the molecule is CCOC(=O)c1cc(C(F)(F)F)cnc1O. The third kappa shape index (κ3) is 2.62. The summed E-state index contributed by atoms with van der Waals surface area (Å²) < 4.78 is 41.3. The predicted molar refractivity (Wildman–Crippen MR) is 46.9 cm³/mol. The molecular weight excluding hydrogens is 227 g/mol. The minimum atomic E-state index is -4.62. The van der Waals surface area contributed by atoms with E-state index in [0.29, 0.717) is 12.3 Å². The highest BCUT2D eigenvalue weighted by atomic mass is 19.4. The standard InChI is InChI=1S/C9H8F3NO3/c1-2-16-8(15)6-3-5(9(10,11)12)4-13-7(6)14/h3-4H,2H2,1H3,(H,13,14). The van der Waals surface area contributed by atoms with Crippen LogP contribution in [-0.4, -0.2) is 22.7 Å². The largest absolute Gasteiger partial charge is 0.493 e. The summed E-state index contributed by atoms with van der Waals surface area (Å²) in [5.41, 5.74) is -1.72. The second-order valence-corrected chi connectivity index (χ2v) is 2.81. The minimum absolute atomic E-state index is 0.00544. The molecule has 0 aliphatic carbocycles. The zero-order valence-corrected chi connectivity index (χ0v) is 8.21. The van der Waals surface area contributed by atoms with E-state index in [9.17, 15) is 18.0 Å². The van der Waals surface area contributed by atoms with E-state index in [2.05, 4.69) is 9.72 Å². The maximum atomic E-state index is 12.3. The smallest absolute Gasteiger partial charge is 0.417 e. The van der Waals surface area contributed by atoms with E-state index in [0.717, 1.165) is 0 Å². The Kier molecular flexibility index (Phi) is 3.36. The van der Waals surface area contributed by atoms with Crippen LogP contribution in [0.1, 0.15) is 22.8 Å². The number of carbonyl (C=O) groups is 1. The number of aromatic nitrogens is 1. The number of rotatable bonds is 2. The van der Waals surface area contributed by atoms with Crippen LogP contribution in [0, 0.1) is 0 Å². The first kappa shape index (κ1) is 12.3. The van der Waals surface area contributed by atoms with E-state index < -0.39 is 29.2 Å². The molecule has 0 aliphatic heterocycles. The number of hydrogen-bond donors (Lipinski definition) is 1. The van der Waals surface area contributed by atoms with Crippen molar-refractivity contribution in [2.45, 2.75) is 13.1 Å². The average molecular weight is 235 g/mol. The summed E-state index contributed by atoms with van der Waals surface area (Å²) in [5.74, 6) is -1.83. The normalized spacial score (nSPS) is 11.2. The molecule has 0 aliphatic rings. The van der Waals surface area contributed by atoms with Gasteiger partial charge < -0.3 is 9.84 Å². The quantitative estimate of drug-likeness (QED) is 0.796. The van der Waals surface area contributed by atoms with Gasteiger partial charge in [-0.3, -0.25) is 0 Å². The molecule has 88 valence electrons. The van der Waals surface area contributed by atoms with Gasteiger partial charge in [-0.2, -0.15) is 13.2 Å². The number of nitrogens with zero attached hydrogens (tertiary/aromatic N) is 1. The Morgan fingerprint density at radius 2 is 2.19 bits per heavy atom. The molecule has 0 saturated carbocycles. The molecule has 0 spiro atoms. The number of alkyl halides is 3. The number of aromatic hydroxyl groups is 1. The highest BCUT2D eigenvalue weighted by Crippen LogP contribution is 2.31. The molecular formula is C9H8F3NO3. The lowest BCUT2D eigenvalue weighted by Gasteiger charge is -2.08. The maximum Gasteiger partial charge on any atom is 0.417 e. The van der Waals surface area contributed by atoms with Crippen molar-refractivity contribution >= 4 is 5.97 Å². The van der Waals surface area contributed by atoms with Crippen LogP contribution in [0.3, 0.4) is 0 Å². The molecule has 7 heteroatoms. The highest BCUT2D eigenvalue weighted by Gasteiger charge is 2.32. The van der Waals surface area contributed by atoms with Gasteiger partial charge in [0.05, 0.1) is 12.2 Å². The summed E-state index contributed by atoms with van der Waals surface area (Å²) in [5, 5.41) is 9.12. The molecule has 0 radical (unpaired) electrons. The van der Waals surface area contributed by atoms with Gasteiger partial charge in [-0.15, -0.1) is 0 Å².